The number of sulfonamides is 1. The third-order valence-corrected chi connectivity index (χ3v) is 6.94. The Hall–Kier alpha value is -2.69. The number of amides is 2. The van der Waals surface area contributed by atoms with E-state index in [2.05, 4.69) is 20.3 Å². The molecule has 1 aromatic carbocycles. The van der Waals surface area contributed by atoms with Crippen LogP contribution in [0.2, 0.25) is 0 Å². The Bertz CT molecular complexity index is 999. The van der Waals surface area contributed by atoms with E-state index in [4.69, 9.17) is 4.42 Å². The molecule has 2 amide bonds. The first-order valence-electron chi connectivity index (χ1n) is 10.7. The largest absolute Gasteiger partial charge is 0.468 e. The van der Waals surface area contributed by atoms with E-state index < -0.39 is 22.0 Å². The molecular weight excluding hydrogens is 432 g/mol. The first-order valence-corrected chi connectivity index (χ1v) is 12.2. The number of nitrogens with zero attached hydrogens (tertiary/aromatic N) is 1. The Morgan fingerprint density at radius 1 is 1.09 bits per heavy atom. The summed E-state index contributed by atoms with van der Waals surface area (Å²) in [6, 6.07) is 8.39. The summed E-state index contributed by atoms with van der Waals surface area (Å²) in [5.41, 5.74) is 0.490. The highest BCUT2D eigenvalue weighted by Gasteiger charge is 2.27. The van der Waals surface area contributed by atoms with Gasteiger partial charge in [0.15, 0.2) is 0 Å². The van der Waals surface area contributed by atoms with Crippen LogP contribution in [-0.4, -0.2) is 50.8 Å². The van der Waals surface area contributed by atoms with Crippen molar-refractivity contribution < 1.29 is 22.4 Å². The fourth-order valence-corrected chi connectivity index (χ4v) is 4.95. The third-order valence-electron chi connectivity index (χ3n) is 5.38. The maximum Gasteiger partial charge on any atom is 0.241 e. The van der Waals surface area contributed by atoms with Gasteiger partial charge in [0, 0.05) is 19.2 Å². The molecule has 1 fully saturated rings. The van der Waals surface area contributed by atoms with Crippen LogP contribution in [0.3, 0.4) is 0 Å². The van der Waals surface area contributed by atoms with Gasteiger partial charge in [-0.25, -0.2) is 8.42 Å². The van der Waals surface area contributed by atoms with Gasteiger partial charge in [-0.15, -0.1) is 0 Å². The predicted molar refractivity (Wildman–Crippen MR) is 120 cm³/mol. The number of likely N-dealkylation sites (tertiary alicyclic amines) is 1. The number of hydrogen-bond acceptors (Lipinski definition) is 6. The molecule has 0 radical (unpaired) electrons. The molecule has 0 aliphatic carbocycles. The zero-order valence-corrected chi connectivity index (χ0v) is 19.2. The molecule has 1 aromatic heterocycles. The second-order valence-corrected chi connectivity index (χ2v) is 9.64. The summed E-state index contributed by atoms with van der Waals surface area (Å²) in [6.07, 6.45) is 5.00. The Balaban J connectivity index is 1.59. The molecule has 3 rings (SSSR count). The quantitative estimate of drug-likeness (QED) is 0.526. The highest BCUT2D eigenvalue weighted by molar-refractivity contribution is 7.89. The van der Waals surface area contributed by atoms with Crippen LogP contribution in [0.5, 0.6) is 0 Å². The lowest BCUT2D eigenvalue weighted by molar-refractivity contribution is -0.122. The first-order chi connectivity index (χ1) is 15.3. The second-order valence-electron chi connectivity index (χ2n) is 7.92. The molecule has 0 spiro atoms. The Labute approximate surface area is 188 Å². The van der Waals surface area contributed by atoms with Crippen molar-refractivity contribution in [3.05, 3.63) is 48.4 Å². The molecule has 32 heavy (non-hydrogen) atoms. The minimum absolute atomic E-state index is 0.00744. The van der Waals surface area contributed by atoms with Gasteiger partial charge in [0.05, 0.1) is 23.2 Å². The SMILES string of the molecule is CC(=O)Nc1ccc(S(=O)(=O)N[C@@H](C)C(=O)NC[C@@H](c2ccco2)N2CCCCC2)cc1. The molecule has 9 nitrogen and oxygen atoms in total. The number of carbonyl (C=O) groups is 2. The monoisotopic (exact) mass is 462 g/mol. The maximum absolute atomic E-state index is 12.7. The van der Waals surface area contributed by atoms with Crippen LogP contribution in [0, 0.1) is 0 Å². The lowest BCUT2D eigenvalue weighted by atomic mass is 10.1. The van der Waals surface area contributed by atoms with Crippen molar-refractivity contribution in [3.63, 3.8) is 0 Å². The van der Waals surface area contributed by atoms with E-state index in [-0.39, 0.29) is 16.8 Å². The van der Waals surface area contributed by atoms with Crippen molar-refractivity contribution in [1.29, 1.82) is 0 Å². The number of anilines is 1. The molecule has 1 aliphatic rings. The zero-order valence-electron chi connectivity index (χ0n) is 18.3. The standard InChI is InChI=1S/C22H30N4O5S/c1-16(25-32(29,30)19-10-8-18(9-11-19)24-17(2)27)22(28)23-15-20(21-7-6-14-31-21)26-12-4-3-5-13-26/h6-11,14,16,20,25H,3-5,12-13,15H2,1-2H3,(H,23,28)(H,24,27)/t16-,20-/m0/s1. The van der Waals surface area contributed by atoms with Gasteiger partial charge in [-0.1, -0.05) is 6.42 Å². The third kappa shape index (κ3) is 6.41. The molecule has 10 heteroatoms. The number of carbonyl (C=O) groups excluding carboxylic acids is 2. The molecule has 174 valence electrons. The van der Waals surface area contributed by atoms with Gasteiger partial charge < -0.3 is 15.1 Å². The molecular formula is C22H30N4O5S. The lowest BCUT2D eigenvalue weighted by Gasteiger charge is -2.33. The summed E-state index contributed by atoms with van der Waals surface area (Å²) in [4.78, 5) is 26.0. The molecule has 3 N–H and O–H groups in total. The van der Waals surface area contributed by atoms with Crippen molar-refractivity contribution in [1.82, 2.24) is 14.9 Å². The van der Waals surface area contributed by atoms with Gasteiger partial charge in [-0.2, -0.15) is 4.72 Å². The summed E-state index contributed by atoms with van der Waals surface area (Å²) < 4.78 is 33.3. The summed E-state index contributed by atoms with van der Waals surface area (Å²) in [7, 11) is -3.90. The van der Waals surface area contributed by atoms with E-state index in [1.165, 1.54) is 44.5 Å². The highest BCUT2D eigenvalue weighted by Crippen LogP contribution is 2.24. The van der Waals surface area contributed by atoms with Gasteiger partial charge in [-0.05, 0) is 69.3 Å². The average Bonchev–Trinajstić information content (AvgIpc) is 3.29. The first kappa shape index (κ1) is 24.0. The summed E-state index contributed by atoms with van der Waals surface area (Å²) in [5, 5.41) is 5.44. The van der Waals surface area contributed by atoms with Crippen molar-refractivity contribution in [2.45, 2.75) is 50.1 Å². The summed E-state index contributed by atoms with van der Waals surface area (Å²) >= 11 is 0. The number of benzene rings is 1. The molecule has 2 heterocycles. The normalized spacial score (nSPS) is 16.8. The molecule has 0 bridgehead atoms. The minimum Gasteiger partial charge on any atom is -0.468 e. The number of furan rings is 1. The fourth-order valence-electron chi connectivity index (χ4n) is 3.75. The van der Waals surface area contributed by atoms with Gasteiger partial charge >= 0.3 is 0 Å². The Morgan fingerprint density at radius 2 is 1.78 bits per heavy atom. The minimum atomic E-state index is -3.90. The Morgan fingerprint density at radius 3 is 2.38 bits per heavy atom. The van der Waals surface area contributed by atoms with Gasteiger partial charge in [0.2, 0.25) is 21.8 Å². The molecule has 2 aromatic rings. The summed E-state index contributed by atoms with van der Waals surface area (Å²) in [5.74, 6) is 0.109. The molecule has 2 atom stereocenters. The van der Waals surface area contributed by atoms with E-state index in [1.807, 2.05) is 12.1 Å². The van der Waals surface area contributed by atoms with Crippen LogP contribution in [0.4, 0.5) is 5.69 Å². The van der Waals surface area contributed by atoms with E-state index in [1.54, 1.807) is 6.26 Å². The van der Waals surface area contributed by atoms with Crippen molar-refractivity contribution in [2.24, 2.45) is 0 Å². The van der Waals surface area contributed by atoms with E-state index in [0.717, 1.165) is 31.7 Å². The van der Waals surface area contributed by atoms with Crippen LogP contribution in [0.25, 0.3) is 0 Å². The number of piperidine rings is 1. The fraction of sp³-hybridized carbons (Fsp3) is 0.455. The lowest BCUT2D eigenvalue weighted by Crippen LogP contribution is -2.47. The van der Waals surface area contributed by atoms with Crippen molar-refractivity contribution >= 4 is 27.5 Å². The number of nitrogens with one attached hydrogen (secondary N) is 3. The van der Waals surface area contributed by atoms with Gasteiger partial charge in [0.1, 0.15) is 5.76 Å². The predicted octanol–water partition coefficient (Wildman–Crippen LogP) is 2.25. The van der Waals surface area contributed by atoms with Crippen molar-refractivity contribution in [3.8, 4) is 0 Å². The van der Waals surface area contributed by atoms with Crippen LogP contribution in [0.1, 0.15) is 44.9 Å². The molecule has 0 saturated carbocycles. The molecule has 0 unspecified atom stereocenters. The van der Waals surface area contributed by atoms with Crippen LogP contribution in [0.15, 0.2) is 52.0 Å². The number of rotatable bonds is 9. The van der Waals surface area contributed by atoms with E-state index >= 15 is 0 Å². The van der Waals surface area contributed by atoms with Crippen molar-refractivity contribution in [2.75, 3.05) is 25.0 Å². The van der Waals surface area contributed by atoms with Crippen LogP contribution < -0.4 is 15.4 Å². The zero-order chi connectivity index (χ0) is 23.1. The van der Waals surface area contributed by atoms with Gasteiger partial charge in [-0.3, -0.25) is 14.5 Å². The molecule has 1 aliphatic heterocycles. The highest BCUT2D eigenvalue weighted by atomic mass is 32.2. The maximum atomic E-state index is 12.7. The van der Waals surface area contributed by atoms with Crippen LogP contribution in [-0.2, 0) is 19.6 Å². The number of hydrogen-bond donors (Lipinski definition) is 3. The Kier molecular flexibility index (Phi) is 8.05. The van der Waals surface area contributed by atoms with Crippen LogP contribution >= 0.6 is 0 Å². The average molecular weight is 463 g/mol. The van der Waals surface area contributed by atoms with E-state index in [9.17, 15) is 18.0 Å². The second kappa shape index (κ2) is 10.8. The van der Waals surface area contributed by atoms with Gasteiger partial charge in [0.25, 0.3) is 0 Å². The molecule has 1 saturated heterocycles. The topological polar surface area (TPSA) is 121 Å². The smallest absolute Gasteiger partial charge is 0.241 e. The summed E-state index contributed by atoms with van der Waals surface area (Å²) in [6.45, 7) is 5.05. The van der Waals surface area contributed by atoms with E-state index in [0.29, 0.717) is 12.2 Å².